The van der Waals surface area contributed by atoms with Crippen LogP contribution in [0.3, 0.4) is 0 Å². The molecule has 1 aliphatic heterocycles. The van der Waals surface area contributed by atoms with Crippen molar-refractivity contribution in [1.29, 1.82) is 0 Å². The lowest BCUT2D eigenvalue weighted by Crippen LogP contribution is -2.36. The van der Waals surface area contributed by atoms with Crippen molar-refractivity contribution < 1.29 is 14.3 Å². The second kappa shape index (κ2) is 9.57. The Morgan fingerprint density at radius 2 is 1.88 bits per heavy atom. The Hall–Kier alpha value is -2.47. The van der Waals surface area contributed by atoms with E-state index in [4.69, 9.17) is 27.9 Å². The molecule has 1 aliphatic rings. The van der Waals surface area contributed by atoms with Gasteiger partial charge in [0, 0.05) is 27.2 Å². The van der Waals surface area contributed by atoms with Crippen molar-refractivity contribution in [2.24, 2.45) is 0 Å². The minimum atomic E-state index is -0.269. The molecular formula is C25H21Cl2NO3S. The molecule has 0 unspecified atom stereocenters. The summed E-state index contributed by atoms with van der Waals surface area (Å²) < 4.78 is 6.13. The molecule has 2 amide bonds. The Bertz CT molecular complexity index is 1240. The number of nitrogens with zero attached hydrogens (tertiary/aromatic N) is 1. The molecule has 4 nitrogen and oxygen atoms in total. The molecule has 0 saturated carbocycles. The topological polar surface area (TPSA) is 46.6 Å². The summed E-state index contributed by atoms with van der Waals surface area (Å²) in [6, 6.07) is 16.8. The van der Waals surface area contributed by atoms with Gasteiger partial charge in [-0.05, 0) is 60.2 Å². The third-order valence-electron chi connectivity index (χ3n) is 5.46. The zero-order valence-electron chi connectivity index (χ0n) is 17.6. The minimum absolute atomic E-state index is 0.149. The molecule has 0 aliphatic carbocycles. The van der Waals surface area contributed by atoms with Crippen LogP contribution in [0.1, 0.15) is 31.4 Å². The number of rotatable bonds is 6. The van der Waals surface area contributed by atoms with Crippen LogP contribution < -0.4 is 4.74 Å². The quantitative estimate of drug-likeness (QED) is 0.337. The van der Waals surface area contributed by atoms with Crippen LogP contribution in [0.4, 0.5) is 4.79 Å². The highest BCUT2D eigenvalue weighted by atomic mass is 35.5. The van der Waals surface area contributed by atoms with Gasteiger partial charge >= 0.3 is 0 Å². The molecule has 0 aromatic heterocycles. The number of carbonyl (C=O) groups excluding carboxylic acids is 2. The largest absolute Gasteiger partial charge is 0.488 e. The van der Waals surface area contributed by atoms with Gasteiger partial charge in [-0.25, -0.2) is 0 Å². The highest BCUT2D eigenvalue weighted by molar-refractivity contribution is 8.18. The van der Waals surface area contributed by atoms with Crippen molar-refractivity contribution in [2.75, 3.05) is 0 Å². The standard InChI is InChI=1S/C25H21Cl2NO3S/c1-3-15(2)28-24(29)23(32-25(28)30)13-20-19-7-5-4-6-16(19)9-11-22(20)31-14-17-8-10-18(26)12-21(17)27/h4-13,15H,3,14H2,1-2H3/b23-13+/t15-/m1/s1. The summed E-state index contributed by atoms with van der Waals surface area (Å²) in [5.74, 6) is 0.332. The Balaban J connectivity index is 1.73. The predicted molar refractivity (Wildman–Crippen MR) is 132 cm³/mol. The second-order valence-electron chi connectivity index (χ2n) is 7.53. The number of benzene rings is 3. The van der Waals surface area contributed by atoms with Crippen LogP contribution in [-0.2, 0) is 11.4 Å². The van der Waals surface area contributed by atoms with Crippen molar-refractivity contribution in [2.45, 2.75) is 32.9 Å². The molecule has 0 bridgehead atoms. The third-order valence-corrected chi connectivity index (χ3v) is 6.93. The van der Waals surface area contributed by atoms with Crippen molar-refractivity contribution in [3.05, 3.63) is 80.7 Å². The molecule has 32 heavy (non-hydrogen) atoms. The van der Waals surface area contributed by atoms with E-state index in [1.807, 2.05) is 56.3 Å². The van der Waals surface area contributed by atoms with Crippen LogP contribution in [0.25, 0.3) is 16.8 Å². The van der Waals surface area contributed by atoms with E-state index >= 15 is 0 Å². The summed E-state index contributed by atoms with van der Waals surface area (Å²) in [6.07, 6.45) is 2.46. The van der Waals surface area contributed by atoms with E-state index in [9.17, 15) is 9.59 Å². The van der Waals surface area contributed by atoms with Gasteiger partial charge in [-0.3, -0.25) is 14.5 Å². The van der Waals surface area contributed by atoms with E-state index in [2.05, 4.69) is 0 Å². The Morgan fingerprint density at radius 3 is 2.62 bits per heavy atom. The fourth-order valence-corrected chi connectivity index (χ4v) is 4.89. The molecule has 3 aromatic carbocycles. The van der Waals surface area contributed by atoms with E-state index in [-0.39, 0.29) is 23.8 Å². The van der Waals surface area contributed by atoms with Crippen molar-refractivity contribution >= 4 is 63.0 Å². The molecule has 7 heteroatoms. The van der Waals surface area contributed by atoms with Gasteiger partial charge in [0.25, 0.3) is 11.1 Å². The number of hydrogen-bond donors (Lipinski definition) is 0. The molecule has 1 saturated heterocycles. The van der Waals surface area contributed by atoms with Crippen LogP contribution in [0, 0.1) is 0 Å². The van der Waals surface area contributed by atoms with Gasteiger partial charge in [-0.1, -0.05) is 66.5 Å². The number of carbonyl (C=O) groups is 2. The van der Waals surface area contributed by atoms with E-state index in [1.165, 1.54) is 4.90 Å². The third kappa shape index (κ3) is 4.51. The number of halogens is 2. The van der Waals surface area contributed by atoms with Crippen LogP contribution >= 0.6 is 35.0 Å². The molecule has 0 spiro atoms. The SMILES string of the molecule is CC[C@@H](C)N1C(=O)S/C(=C/c2c(OCc3ccc(Cl)cc3Cl)ccc3ccccc23)C1=O. The number of fused-ring (bicyclic) bond motifs is 1. The summed E-state index contributed by atoms with van der Waals surface area (Å²) in [6.45, 7) is 4.07. The Labute approximate surface area is 201 Å². The number of ether oxygens (including phenoxy) is 1. The number of amides is 2. The van der Waals surface area contributed by atoms with Gasteiger partial charge in [0.1, 0.15) is 12.4 Å². The lowest BCUT2D eigenvalue weighted by Gasteiger charge is -2.19. The van der Waals surface area contributed by atoms with Crippen LogP contribution in [0.2, 0.25) is 10.0 Å². The summed E-state index contributed by atoms with van der Waals surface area (Å²) >= 11 is 13.2. The molecule has 3 aromatic rings. The monoisotopic (exact) mass is 485 g/mol. The summed E-state index contributed by atoms with van der Waals surface area (Å²) in [4.78, 5) is 27.2. The van der Waals surface area contributed by atoms with Crippen molar-refractivity contribution in [1.82, 2.24) is 4.90 Å². The number of hydrogen-bond acceptors (Lipinski definition) is 4. The average Bonchev–Trinajstić information content (AvgIpc) is 3.06. The average molecular weight is 486 g/mol. The molecule has 1 fully saturated rings. The normalized spacial score (nSPS) is 16.2. The van der Waals surface area contributed by atoms with Gasteiger partial charge in [0.2, 0.25) is 0 Å². The highest BCUT2D eigenvalue weighted by Gasteiger charge is 2.37. The maximum absolute atomic E-state index is 13.0. The Morgan fingerprint density at radius 1 is 1.09 bits per heavy atom. The molecule has 1 heterocycles. The Kier molecular flexibility index (Phi) is 6.79. The number of imide groups is 1. The highest BCUT2D eigenvalue weighted by Crippen LogP contribution is 2.38. The molecule has 1 atom stereocenters. The van der Waals surface area contributed by atoms with Crippen molar-refractivity contribution in [3.8, 4) is 5.75 Å². The first kappa shape index (κ1) is 22.7. The van der Waals surface area contributed by atoms with Gasteiger partial charge in [-0.2, -0.15) is 0 Å². The first-order valence-corrected chi connectivity index (χ1v) is 11.8. The molecular weight excluding hydrogens is 465 g/mol. The fourth-order valence-electron chi connectivity index (χ4n) is 3.52. The summed E-state index contributed by atoms with van der Waals surface area (Å²) in [7, 11) is 0. The van der Waals surface area contributed by atoms with E-state index in [0.717, 1.165) is 33.7 Å². The van der Waals surface area contributed by atoms with Crippen LogP contribution in [-0.4, -0.2) is 22.1 Å². The van der Waals surface area contributed by atoms with Gasteiger partial charge in [0.15, 0.2) is 0 Å². The first-order valence-electron chi connectivity index (χ1n) is 10.2. The smallest absolute Gasteiger partial charge is 0.293 e. The summed E-state index contributed by atoms with van der Waals surface area (Å²) in [5.41, 5.74) is 1.55. The van der Waals surface area contributed by atoms with Crippen LogP contribution in [0.5, 0.6) is 5.75 Å². The number of thioether (sulfide) groups is 1. The zero-order chi connectivity index (χ0) is 22.8. The predicted octanol–water partition coefficient (Wildman–Crippen LogP) is 7.56. The first-order chi connectivity index (χ1) is 15.4. The van der Waals surface area contributed by atoms with Gasteiger partial charge < -0.3 is 4.74 Å². The zero-order valence-corrected chi connectivity index (χ0v) is 19.9. The molecule has 164 valence electrons. The molecule has 0 radical (unpaired) electrons. The lowest BCUT2D eigenvalue weighted by atomic mass is 10.0. The summed E-state index contributed by atoms with van der Waals surface area (Å²) in [5, 5.41) is 2.78. The maximum Gasteiger partial charge on any atom is 0.293 e. The lowest BCUT2D eigenvalue weighted by molar-refractivity contribution is -0.124. The van der Waals surface area contributed by atoms with Crippen LogP contribution in [0.15, 0.2) is 59.5 Å². The van der Waals surface area contributed by atoms with E-state index < -0.39 is 0 Å². The molecule has 0 N–H and O–H groups in total. The second-order valence-corrected chi connectivity index (χ2v) is 9.37. The van der Waals surface area contributed by atoms with Gasteiger partial charge in [-0.15, -0.1) is 0 Å². The maximum atomic E-state index is 13.0. The van der Waals surface area contributed by atoms with Gasteiger partial charge in [0.05, 0.1) is 4.91 Å². The van der Waals surface area contributed by atoms with Crippen molar-refractivity contribution in [3.63, 3.8) is 0 Å². The minimum Gasteiger partial charge on any atom is -0.488 e. The molecule has 4 rings (SSSR count). The van der Waals surface area contributed by atoms with E-state index in [1.54, 1.807) is 18.2 Å². The van der Waals surface area contributed by atoms with E-state index in [0.29, 0.717) is 27.1 Å². The fraction of sp³-hybridized carbons (Fsp3) is 0.200.